The van der Waals surface area contributed by atoms with Crippen LogP contribution >= 0.6 is 0 Å². The topological polar surface area (TPSA) is 102 Å². The molecule has 230 valence electrons. The van der Waals surface area contributed by atoms with Crippen molar-refractivity contribution in [3.63, 3.8) is 0 Å². The first-order valence-corrected chi connectivity index (χ1v) is 16.6. The number of unbranched alkanes of at least 4 members (excludes halogenated alkanes) is 15. The van der Waals surface area contributed by atoms with Crippen LogP contribution in [-0.4, -0.2) is 71.4 Å². The minimum absolute atomic E-state index is 0.0661. The van der Waals surface area contributed by atoms with Gasteiger partial charge in [-0.05, 0) is 38.6 Å². The zero-order chi connectivity index (χ0) is 28.6. The molecule has 1 rings (SSSR count). The molecule has 0 radical (unpaired) electrons. The number of piperazine rings is 1. The summed E-state index contributed by atoms with van der Waals surface area (Å²) in [4.78, 5) is 25.8. The van der Waals surface area contributed by atoms with E-state index in [-0.39, 0.29) is 30.6 Å². The van der Waals surface area contributed by atoms with Crippen molar-refractivity contribution in [2.75, 3.05) is 26.2 Å². The molecule has 3 atom stereocenters. The van der Waals surface area contributed by atoms with Crippen LogP contribution in [0, 0.1) is 0 Å². The Morgan fingerprint density at radius 1 is 0.692 bits per heavy atom. The van der Waals surface area contributed by atoms with Gasteiger partial charge in [-0.1, -0.05) is 117 Å². The Hall–Kier alpha value is -1.18. The second-order valence-corrected chi connectivity index (χ2v) is 11.9. The molecule has 7 heteroatoms. The van der Waals surface area contributed by atoms with E-state index in [4.69, 9.17) is 0 Å². The van der Waals surface area contributed by atoms with Gasteiger partial charge in [-0.15, -0.1) is 0 Å². The van der Waals surface area contributed by atoms with Crippen LogP contribution in [0.5, 0.6) is 0 Å². The van der Waals surface area contributed by atoms with Crippen molar-refractivity contribution in [1.29, 1.82) is 0 Å². The molecule has 0 bridgehead atoms. The molecular weight excluding hydrogens is 490 g/mol. The van der Waals surface area contributed by atoms with Crippen molar-refractivity contribution in [3.8, 4) is 0 Å². The van der Waals surface area contributed by atoms with Crippen LogP contribution in [-0.2, 0) is 9.59 Å². The number of aliphatic hydroxyl groups is 2. The molecule has 4 N–H and O–H groups in total. The first kappa shape index (κ1) is 35.8. The minimum atomic E-state index is -0.445. The smallest absolute Gasteiger partial charge is 0.243 e. The molecule has 0 saturated carbocycles. The fraction of sp³-hybridized carbons (Fsp3) is 0.938. The molecule has 0 aromatic heterocycles. The van der Waals surface area contributed by atoms with Gasteiger partial charge in [0.15, 0.2) is 0 Å². The predicted molar refractivity (Wildman–Crippen MR) is 162 cm³/mol. The molecule has 1 heterocycles. The number of amides is 2. The second-order valence-electron chi connectivity index (χ2n) is 11.9. The van der Waals surface area contributed by atoms with Crippen LogP contribution in [0.1, 0.15) is 149 Å². The Morgan fingerprint density at radius 2 is 1.15 bits per heavy atom. The number of nitrogens with one attached hydrogen (secondary N) is 2. The highest BCUT2D eigenvalue weighted by Crippen LogP contribution is 2.14. The van der Waals surface area contributed by atoms with E-state index in [1.807, 2.05) is 0 Å². The molecule has 39 heavy (non-hydrogen) atoms. The maximum absolute atomic E-state index is 12.0. The van der Waals surface area contributed by atoms with Gasteiger partial charge in [0, 0.05) is 13.1 Å². The molecule has 1 fully saturated rings. The number of rotatable bonds is 27. The summed E-state index contributed by atoms with van der Waals surface area (Å²) in [6.45, 7) is 6.52. The molecule has 7 nitrogen and oxygen atoms in total. The van der Waals surface area contributed by atoms with Gasteiger partial charge in [-0.2, -0.15) is 0 Å². The van der Waals surface area contributed by atoms with Crippen LogP contribution in [0.3, 0.4) is 0 Å². The molecule has 0 aromatic rings. The van der Waals surface area contributed by atoms with Crippen LogP contribution in [0.2, 0.25) is 0 Å². The number of aliphatic hydroxyl groups excluding tert-OH is 2. The SMILES string of the molecule is CCCCCCCCCC[C@@H](O)CN(CCCC[C@@H]1NC(=O)CNC1=O)C[C@@H](O)CCCCCCCCCC. The Morgan fingerprint density at radius 3 is 1.64 bits per heavy atom. The monoisotopic (exact) mass is 553 g/mol. The van der Waals surface area contributed by atoms with E-state index in [1.54, 1.807) is 0 Å². The highest BCUT2D eigenvalue weighted by atomic mass is 16.3. The van der Waals surface area contributed by atoms with Gasteiger partial charge >= 0.3 is 0 Å². The first-order chi connectivity index (χ1) is 19.0. The van der Waals surface area contributed by atoms with E-state index in [2.05, 4.69) is 29.4 Å². The average Bonchev–Trinajstić information content (AvgIpc) is 2.91. The van der Waals surface area contributed by atoms with Gasteiger partial charge in [0.25, 0.3) is 0 Å². The lowest BCUT2D eigenvalue weighted by molar-refractivity contribution is -0.133. The summed E-state index contributed by atoms with van der Waals surface area (Å²) in [7, 11) is 0. The number of hydrogen-bond acceptors (Lipinski definition) is 5. The van der Waals surface area contributed by atoms with Crippen molar-refractivity contribution in [1.82, 2.24) is 15.5 Å². The van der Waals surface area contributed by atoms with Crippen molar-refractivity contribution in [2.45, 2.75) is 167 Å². The van der Waals surface area contributed by atoms with E-state index < -0.39 is 6.04 Å². The number of nitrogens with zero attached hydrogens (tertiary/aromatic N) is 1. The molecular formula is C32H63N3O4. The summed E-state index contributed by atoms with van der Waals surface area (Å²) in [6.07, 6.45) is 23.3. The van der Waals surface area contributed by atoms with E-state index in [0.29, 0.717) is 19.5 Å². The Balaban J connectivity index is 2.35. The lowest BCUT2D eigenvalue weighted by Crippen LogP contribution is -2.56. The van der Waals surface area contributed by atoms with Gasteiger partial charge in [0.05, 0.1) is 18.8 Å². The molecule has 2 amide bonds. The van der Waals surface area contributed by atoms with Crippen molar-refractivity contribution in [3.05, 3.63) is 0 Å². The van der Waals surface area contributed by atoms with Gasteiger partial charge in [0.2, 0.25) is 11.8 Å². The molecule has 1 aliphatic rings. The Kier molecular flexibility index (Phi) is 22.6. The van der Waals surface area contributed by atoms with Gasteiger partial charge in [0.1, 0.15) is 6.04 Å². The average molecular weight is 554 g/mol. The summed E-state index contributed by atoms with van der Waals surface area (Å²) in [5, 5.41) is 26.9. The fourth-order valence-corrected chi connectivity index (χ4v) is 5.55. The third-order valence-corrected chi connectivity index (χ3v) is 8.01. The first-order valence-electron chi connectivity index (χ1n) is 16.6. The van der Waals surface area contributed by atoms with Gasteiger partial charge in [-0.25, -0.2) is 0 Å². The summed E-state index contributed by atoms with van der Waals surface area (Å²) >= 11 is 0. The Bertz CT molecular complexity index is 576. The summed E-state index contributed by atoms with van der Waals surface area (Å²) in [5.74, 6) is -0.234. The van der Waals surface area contributed by atoms with Gasteiger partial charge < -0.3 is 20.8 Å². The predicted octanol–water partition coefficient (Wildman–Crippen LogP) is 5.86. The molecule has 0 aromatic carbocycles. The lowest BCUT2D eigenvalue weighted by atomic mass is 10.0. The maximum Gasteiger partial charge on any atom is 0.243 e. The normalized spacial score (nSPS) is 17.3. The summed E-state index contributed by atoms with van der Waals surface area (Å²) < 4.78 is 0. The van der Waals surface area contributed by atoms with Crippen LogP contribution in [0.25, 0.3) is 0 Å². The number of hydrogen-bond donors (Lipinski definition) is 4. The summed E-state index contributed by atoms with van der Waals surface area (Å²) in [5.41, 5.74) is 0. The van der Waals surface area contributed by atoms with Crippen LogP contribution in [0.15, 0.2) is 0 Å². The molecule has 1 aliphatic heterocycles. The van der Waals surface area contributed by atoms with E-state index in [0.717, 1.165) is 45.1 Å². The zero-order valence-electron chi connectivity index (χ0n) is 25.6. The number of carbonyl (C=O) groups is 2. The van der Waals surface area contributed by atoms with Crippen LogP contribution in [0.4, 0.5) is 0 Å². The quantitative estimate of drug-likeness (QED) is 0.0955. The molecule has 0 unspecified atom stereocenters. The third-order valence-electron chi connectivity index (χ3n) is 8.01. The molecule has 0 spiro atoms. The van der Waals surface area contributed by atoms with E-state index in [9.17, 15) is 19.8 Å². The largest absolute Gasteiger partial charge is 0.392 e. The van der Waals surface area contributed by atoms with Crippen LogP contribution < -0.4 is 10.6 Å². The maximum atomic E-state index is 12.0. The third kappa shape index (κ3) is 20.4. The summed E-state index contributed by atoms with van der Waals surface area (Å²) in [6, 6.07) is -0.445. The highest BCUT2D eigenvalue weighted by molar-refractivity contribution is 5.94. The lowest BCUT2D eigenvalue weighted by Gasteiger charge is -2.28. The van der Waals surface area contributed by atoms with Crippen molar-refractivity contribution >= 4 is 11.8 Å². The second kappa shape index (κ2) is 24.6. The minimum Gasteiger partial charge on any atom is -0.392 e. The van der Waals surface area contributed by atoms with E-state index in [1.165, 1.54) is 89.9 Å². The molecule has 1 saturated heterocycles. The molecule has 0 aliphatic carbocycles. The zero-order valence-corrected chi connectivity index (χ0v) is 25.6. The van der Waals surface area contributed by atoms with Crippen molar-refractivity contribution < 1.29 is 19.8 Å². The van der Waals surface area contributed by atoms with Crippen molar-refractivity contribution in [2.24, 2.45) is 0 Å². The number of carbonyl (C=O) groups excluding carboxylic acids is 2. The fourth-order valence-electron chi connectivity index (χ4n) is 5.55. The Labute approximate surface area is 240 Å². The van der Waals surface area contributed by atoms with Gasteiger partial charge in [-0.3, -0.25) is 14.5 Å². The highest BCUT2D eigenvalue weighted by Gasteiger charge is 2.25. The van der Waals surface area contributed by atoms with E-state index >= 15 is 0 Å². The standard InChI is InChI=1S/C32H63N3O4/c1-3-5-7-9-11-13-15-17-21-28(36)26-35(24-20-19-23-30-32(39)33-25-31(38)34-30)27-29(37)22-18-16-14-12-10-8-6-4-2/h28-30,36-37H,3-27H2,1-2H3,(H,33,39)(H,34,38)/t28-,29+,30-/m0/s1.